The Morgan fingerprint density at radius 1 is 1.38 bits per heavy atom. The summed E-state index contributed by atoms with van der Waals surface area (Å²) in [5.41, 5.74) is 7.05. The standard InChI is InChI=1S/C16H28N4O/c1-5-9-21-13-7-6-8-20(10-13)16-12(4)14(17)18-15(19-16)11(2)3/h11,13H,5-10H2,1-4H3,(H2,17,18,19). The highest BCUT2D eigenvalue weighted by molar-refractivity contribution is 5.57. The molecule has 1 saturated heterocycles. The molecule has 0 amide bonds. The third kappa shape index (κ3) is 3.84. The van der Waals surface area contributed by atoms with E-state index in [2.05, 4.69) is 30.7 Å². The van der Waals surface area contributed by atoms with Gasteiger partial charge in [-0.3, -0.25) is 0 Å². The normalized spacial score (nSPS) is 19.3. The number of nitrogen functional groups attached to an aromatic ring is 1. The number of anilines is 2. The van der Waals surface area contributed by atoms with E-state index < -0.39 is 0 Å². The van der Waals surface area contributed by atoms with Crippen molar-refractivity contribution in [2.75, 3.05) is 30.3 Å². The van der Waals surface area contributed by atoms with Crippen LogP contribution in [0, 0.1) is 6.92 Å². The molecule has 0 aliphatic carbocycles. The zero-order chi connectivity index (χ0) is 15.4. The van der Waals surface area contributed by atoms with Crippen LogP contribution in [0.3, 0.4) is 0 Å². The summed E-state index contributed by atoms with van der Waals surface area (Å²) in [7, 11) is 0. The highest BCUT2D eigenvalue weighted by Crippen LogP contribution is 2.27. The third-order valence-corrected chi connectivity index (χ3v) is 3.93. The SMILES string of the molecule is CCCOC1CCCN(c2nc(C(C)C)nc(N)c2C)C1. The van der Waals surface area contributed by atoms with Crippen molar-refractivity contribution in [3.63, 3.8) is 0 Å². The molecule has 0 saturated carbocycles. The average Bonchev–Trinajstić information content (AvgIpc) is 2.47. The molecular weight excluding hydrogens is 264 g/mol. The molecule has 0 aromatic carbocycles. The van der Waals surface area contributed by atoms with Crippen molar-refractivity contribution in [3.8, 4) is 0 Å². The summed E-state index contributed by atoms with van der Waals surface area (Å²) in [6, 6.07) is 0. The molecule has 2 N–H and O–H groups in total. The molecule has 21 heavy (non-hydrogen) atoms. The number of nitrogens with zero attached hydrogens (tertiary/aromatic N) is 3. The van der Waals surface area contributed by atoms with Crippen molar-refractivity contribution in [2.24, 2.45) is 0 Å². The van der Waals surface area contributed by atoms with Crippen molar-refractivity contribution < 1.29 is 4.74 Å². The zero-order valence-electron chi connectivity index (χ0n) is 13.7. The van der Waals surface area contributed by atoms with Crippen molar-refractivity contribution in [2.45, 2.75) is 59.0 Å². The van der Waals surface area contributed by atoms with Crippen LogP contribution < -0.4 is 10.6 Å². The van der Waals surface area contributed by atoms with Gasteiger partial charge >= 0.3 is 0 Å². The highest BCUT2D eigenvalue weighted by Gasteiger charge is 2.24. The van der Waals surface area contributed by atoms with E-state index in [1.54, 1.807) is 0 Å². The fourth-order valence-corrected chi connectivity index (χ4v) is 2.66. The molecule has 1 fully saturated rings. The monoisotopic (exact) mass is 292 g/mol. The summed E-state index contributed by atoms with van der Waals surface area (Å²) in [6.45, 7) is 11.1. The maximum Gasteiger partial charge on any atom is 0.137 e. The molecule has 5 heteroatoms. The van der Waals surface area contributed by atoms with Gasteiger partial charge in [-0.05, 0) is 26.2 Å². The zero-order valence-corrected chi connectivity index (χ0v) is 13.7. The molecule has 2 heterocycles. The predicted molar refractivity (Wildman–Crippen MR) is 86.7 cm³/mol. The summed E-state index contributed by atoms with van der Waals surface area (Å²) in [4.78, 5) is 11.5. The maximum absolute atomic E-state index is 6.07. The Morgan fingerprint density at radius 3 is 2.81 bits per heavy atom. The van der Waals surface area contributed by atoms with Crippen LogP contribution in [0.2, 0.25) is 0 Å². The lowest BCUT2D eigenvalue weighted by molar-refractivity contribution is 0.0439. The number of rotatable bonds is 5. The predicted octanol–water partition coefficient (Wildman–Crippen LogP) is 2.89. The first-order valence-electron chi connectivity index (χ1n) is 8.03. The van der Waals surface area contributed by atoms with Gasteiger partial charge in [-0.15, -0.1) is 0 Å². The van der Waals surface area contributed by atoms with Gasteiger partial charge in [0.2, 0.25) is 0 Å². The Morgan fingerprint density at radius 2 is 2.14 bits per heavy atom. The van der Waals surface area contributed by atoms with Gasteiger partial charge in [0.1, 0.15) is 17.5 Å². The lowest BCUT2D eigenvalue weighted by Crippen LogP contribution is -2.41. The quantitative estimate of drug-likeness (QED) is 0.904. The fraction of sp³-hybridized carbons (Fsp3) is 0.750. The van der Waals surface area contributed by atoms with Gasteiger partial charge in [-0.1, -0.05) is 20.8 Å². The Kier molecular flexibility index (Phi) is 5.39. The summed E-state index contributed by atoms with van der Waals surface area (Å²) in [5.74, 6) is 2.68. The first kappa shape index (κ1) is 16.0. The minimum Gasteiger partial charge on any atom is -0.383 e. The number of nitrogens with two attached hydrogens (primary N) is 1. The third-order valence-electron chi connectivity index (χ3n) is 3.93. The van der Waals surface area contributed by atoms with Crippen LogP contribution in [0.4, 0.5) is 11.6 Å². The van der Waals surface area contributed by atoms with E-state index in [0.717, 1.165) is 56.2 Å². The van der Waals surface area contributed by atoms with E-state index in [9.17, 15) is 0 Å². The Balaban J connectivity index is 2.20. The first-order valence-corrected chi connectivity index (χ1v) is 8.03. The Bertz CT molecular complexity index is 476. The van der Waals surface area contributed by atoms with E-state index in [-0.39, 0.29) is 5.92 Å². The van der Waals surface area contributed by atoms with Gasteiger partial charge in [0.25, 0.3) is 0 Å². The smallest absolute Gasteiger partial charge is 0.137 e. The second-order valence-electron chi connectivity index (χ2n) is 6.15. The lowest BCUT2D eigenvalue weighted by atomic mass is 10.1. The minimum atomic E-state index is 0.281. The summed E-state index contributed by atoms with van der Waals surface area (Å²) < 4.78 is 5.92. The fourth-order valence-electron chi connectivity index (χ4n) is 2.66. The van der Waals surface area contributed by atoms with Crippen LogP contribution in [0.5, 0.6) is 0 Å². The molecule has 1 unspecified atom stereocenters. The average molecular weight is 292 g/mol. The number of piperidine rings is 1. The molecule has 1 aromatic rings. The Hall–Kier alpha value is -1.36. The van der Waals surface area contributed by atoms with Crippen LogP contribution in [0.1, 0.15) is 57.3 Å². The maximum atomic E-state index is 6.07. The topological polar surface area (TPSA) is 64.3 Å². The summed E-state index contributed by atoms with van der Waals surface area (Å²) in [6.07, 6.45) is 3.63. The van der Waals surface area contributed by atoms with Crippen molar-refractivity contribution in [3.05, 3.63) is 11.4 Å². The Labute approximate surface area is 127 Å². The van der Waals surface area contributed by atoms with Gasteiger partial charge in [-0.2, -0.15) is 0 Å². The molecule has 1 aliphatic heterocycles. The number of hydrogen-bond donors (Lipinski definition) is 1. The molecule has 1 aromatic heterocycles. The van der Waals surface area contributed by atoms with Crippen molar-refractivity contribution in [1.82, 2.24) is 9.97 Å². The summed E-state index contributed by atoms with van der Waals surface area (Å²) >= 11 is 0. The van der Waals surface area contributed by atoms with E-state index in [1.165, 1.54) is 0 Å². The van der Waals surface area contributed by atoms with E-state index in [4.69, 9.17) is 15.5 Å². The van der Waals surface area contributed by atoms with E-state index >= 15 is 0 Å². The van der Waals surface area contributed by atoms with E-state index in [0.29, 0.717) is 11.9 Å². The first-order chi connectivity index (χ1) is 10.0. The summed E-state index contributed by atoms with van der Waals surface area (Å²) in [5, 5.41) is 0. The van der Waals surface area contributed by atoms with Crippen LogP contribution in [0.15, 0.2) is 0 Å². The lowest BCUT2D eigenvalue weighted by Gasteiger charge is -2.34. The molecule has 0 spiro atoms. The number of hydrogen-bond acceptors (Lipinski definition) is 5. The number of ether oxygens (including phenoxy) is 1. The largest absolute Gasteiger partial charge is 0.383 e. The van der Waals surface area contributed by atoms with Crippen LogP contribution in [0.25, 0.3) is 0 Å². The molecule has 118 valence electrons. The van der Waals surface area contributed by atoms with Gasteiger partial charge in [0, 0.05) is 31.2 Å². The second-order valence-corrected chi connectivity index (χ2v) is 6.15. The highest BCUT2D eigenvalue weighted by atomic mass is 16.5. The van der Waals surface area contributed by atoms with Crippen molar-refractivity contribution >= 4 is 11.6 Å². The van der Waals surface area contributed by atoms with Gasteiger partial charge in [-0.25, -0.2) is 9.97 Å². The van der Waals surface area contributed by atoms with Crippen molar-refractivity contribution in [1.29, 1.82) is 0 Å². The number of aromatic nitrogens is 2. The van der Waals surface area contributed by atoms with Crippen LogP contribution >= 0.6 is 0 Å². The molecule has 0 bridgehead atoms. The molecule has 1 atom stereocenters. The molecular formula is C16H28N4O. The molecule has 5 nitrogen and oxygen atoms in total. The van der Waals surface area contributed by atoms with E-state index in [1.807, 2.05) is 6.92 Å². The van der Waals surface area contributed by atoms with Gasteiger partial charge in [0.15, 0.2) is 0 Å². The molecule has 2 rings (SSSR count). The second kappa shape index (κ2) is 7.07. The molecule has 1 aliphatic rings. The minimum absolute atomic E-state index is 0.281. The van der Waals surface area contributed by atoms with Gasteiger partial charge in [0.05, 0.1) is 6.10 Å². The van der Waals surface area contributed by atoms with Crippen LogP contribution in [-0.2, 0) is 4.74 Å². The van der Waals surface area contributed by atoms with Crippen LogP contribution in [-0.4, -0.2) is 35.8 Å². The van der Waals surface area contributed by atoms with Gasteiger partial charge < -0.3 is 15.4 Å². The molecule has 0 radical (unpaired) electrons.